The Balaban J connectivity index is 1.69. The van der Waals surface area contributed by atoms with Crippen LogP contribution >= 0.6 is 0 Å². The maximum atomic E-state index is 15.1. The van der Waals surface area contributed by atoms with Gasteiger partial charge in [0.15, 0.2) is 46.6 Å². The third-order valence-corrected chi connectivity index (χ3v) is 6.62. The molecule has 2 aromatic carbocycles. The number of carbonyl (C=O) groups excluding carboxylic acids is 1. The Kier molecular flexibility index (Phi) is 5.25. The van der Waals surface area contributed by atoms with E-state index >= 15 is 8.78 Å². The van der Waals surface area contributed by atoms with Crippen molar-refractivity contribution in [2.45, 2.75) is 18.6 Å². The van der Waals surface area contributed by atoms with Gasteiger partial charge in [0.05, 0.1) is 17.7 Å². The molecule has 196 valence electrons. The second-order valence-corrected chi connectivity index (χ2v) is 8.60. The van der Waals surface area contributed by atoms with Crippen molar-refractivity contribution in [3.05, 3.63) is 99.2 Å². The standard InChI is InChI=1S/C24H10F9N3O2/c25-12-11(13(26)20(33)23(37)19(12)32)24-35-10(6-38-9-5-7-3-1-2-4-8(7)21(9)35)34-36(24)22-17(30)15(28)14(27)16(29)18(22)31/h1-4,9,21H,5-6H2. The molecule has 14 heteroatoms. The van der Waals surface area contributed by atoms with Crippen LogP contribution in [0.4, 0.5) is 45.2 Å². The number of ketones is 1. The van der Waals surface area contributed by atoms with Crippen LogP contribution in [-0.2, 0) is 16.0 Å². The van der Waals surface area contributed by atoms with E-state index in [1.165, 1.54) is 0 Å². The molecule has 2 heterocycles. The van der Waals surface area contributed by atoms with E-state index in [0.29, 0.717) is 11.1 Å². The summed E-state index contributed by atoms with van der Waals surface area (Å²) in [5.74, 6) is -25.2. The molecule has 1 fully saturated rings. The van der Waals surface area contributed by atoms with Gasteiger partial charge in [0.1, 0.15) is 12.3 Å². The highest BCUT2D eigenvalue weighted by Crippen LogP contribution is 2.50. The molecule has 38 heavy (non-hydrogen) atoms. The van der Waals surface area contributed by atoms with E-state index in [2.05, 4.69) is 5.10 Å². The number of ether oxygens (including phenoxy) is 1. The van der Waals surface area contributed by atoms with E-state index in [1.807, 2.05) is 0 Å². The molecule has 0 aromatic heterocycles. The van der Waals surface area contributed by atoms with Crippen LogP contribution in [0.5, 0.6) is 0 Å². The average molecular weight is 543 g/mol. The first-order chi connectivity index (χ1) is 18.0. The first-order valence-corrected chi connectivity index (χ1v) is 10.8. The van der Waals surface area contributed by atoms with Crippen molar-refractivity contribution in [3.8, 4) is 0 Å². The van der Waals surface area contributed by atoms with Crippen molar-refractivity contribution in [1.82, 2.24) is 4.90 Å². The van der Waals surface area contributed by atoms with Gasteiger partial charge in [-0.05, 0) is 11.1 Å². The SMILES string of the molecule is O=C1C(F)=C(F)C(=C2N(c3c(F)c(F)c(F)c(F)c3F)N=C3COC4Cc5ccccc5C4N32)C(F)=C1F. The summed E-state index contributed by atoms with van der Waals surface area (Å²) in [4.78, 5) is 12.6. The molecule has 0 saturated carbocycles. The number of hydrazone groups is 1. The lowest BCUT2D eigenvalue weighted by Gasteiger charge is -2.38. The third-order valence-electron chi connectivity index (χ3n) is 6.62. The average Bonchev–Trinajstić information content (AvgIpc) is 3.47. The largest absolute Gasteiger partial charge is 0.367 e. The number of morpholine rings is 1. The fourth-order valence-electron chi connectivity index (χ4n) is 4.97. The van der Waals surface area contributed by atoms with Gasteiger partial charge in [0.25, 0.3) is 5.78 Å². The molecule has 1 saturated heterocycles. The predicted octanol–water partition coefficient (Wildman–Crippen LogP) is 5.61. The van der Waals surface area contributed by atoms with E-state index in [-0.39, 0.29) is 17.3 Å². The Morgan fingerprint density at radius 1 is 0.789 bits per heavy atom. The number of carbonyl (C=O) groups is 1. The minimum absolute atomic E-state index is 0.0386. The third kappa shape index (κ3) is 3.06. The summed E-state index contributed by atoms with van der Waals surface area (Å²) in [5, 5.41) is 3.75. The Hall–Kier alpha value is -4.07. The van der Waals surface area contributed by atoms with Crippen LogP contribution in [0.2, 0.25) is 0 Å². The molecule has 2 unspecified atom stereocenters. The Morgan fingerprint density at radius 2 is 1.37 bits per heavy atom. The first kappa shape index (κ1) is 24.3. The highest BCUT2D eigenvalue weighted by atomic mass is 19.2. The summed E-state index contributed by atoms with van der Waals surface area (Å²) in [6.45, 7) is -0.474. The molecule has 0 bridgehead atoms. The molecule has 4 aliphatic rings. The van der Waals surface area contributed by atoms with E-state index in [9.17, 15) is 35.5 Å². The van der Waals surface area contributed by atoms with Gasteiger partial charge in [0, 0.05) is 6.42 Å². The Labute approximate surface area is 206 Å². The van der Waals surface area contributed by atoms with Crippen LogP contribution in [0.25, 0.3) is 0 Å². The van der Waals surface area contributed by atoms with E-state index in [0.717, 1.165) is 4.90 Å². The van der Waals surface area contributed by atoms with Crippen LogP contribution in [0, 0.1) is 29.1 Å². The van der Waals surface area contributed by atoms with Gasteiger partial charge >= 0.3 is 0 Å². The number of allylic oxidation sites excluding steroid dienone is 5. The number of hydrogen-bond acceptors (Lipinski definition) is 5. The molecule has 0 N–H and O–H groups in total. The zero-order valence-electron chi connectivity index (χ0n) is 18.4. The smallest absolute Gasteiger partial charge is 0.255 e. The molecule has 5 nitrogen and oxygen atoms in total. The molecule has 6 rings (SSSR count). The maximum Gasteiger partial charge on any atom is 0.255 e. The summed E-state index contributed by atoms with van der Waals surface area (Å²) >= 11 is 0. The fourth-order valence-corrected chi connectivity index (χ4v) is 4.97. The van der Waals surface area contributed by atoms with Gasteiger partial charge in [-0.15, -0.1) is 5.10 Å². The lowest BCUT2D eigenvalue weighted by atomic mass is 10.00. The maximum absolute atomic E-state index is 15.1. The monoisotopic (exact) mass is 543 g/mol. The summed E-state index contributed by atoms with van der Waals surface area (Å²) in [6.07, 6.45) is -0.523. The van der Waals surface area contributed by atoms with Crippen LogP contribution in [0.1, 0.15) is 17.2 Å². The Morgan fingerprint density at radius 3 is 2.00 bits per heavy atom. The second kappa shape index (κ2) is 8.21. The van der Waals surface area contributed by atoms with E-state index in [4.69, 9.17) is 4.74 Å². The minimum atomic E-state index is -2.52. The normalized spacial score (nSPS) is 22.9. The van der Waals surface area contributed by atoms with Crippen molar-refractivity contribution in [2.75, 3.05) is 11.6 Å². The first-order valence-electron chi connectivity index (χ1n) is 10.8. The van der Waals surface area contributed by atoms with Crippen molar-refractivity contribution >= 4 is 17.3 Å². The number of anilines is 1. The highest BCUT2D eigenvalue weighted by Gasteiger charge is 2.52. The highest BCUT2D eigenvalue weighted by molar-refractivity contribution is 6.08. The summed E-state index contributed by atoms with van der Waals surface area (Å²) in [7, 11) is 0. The molecule has 2 atom stereocenters. The van der Waals surface area contributed by atoms with Gasteiger partial charge in [-0.25, -0.2) is 35.7 Å². The number of amidine groups is 1. The summed E-state index contributed by atoms with van der Waals surface area (Å²) in [6, 6.07) is 5.50. The van der Waals surface area contributed by atoms with Gasteiger partial charge in [-0.2, -0.15) is 8.78 Å². The quantitative estimate of drug-likeness (QED) is 0.267. The van der Waals surface area contributed by atoms with Crippen LogP contribution < -0.4 is 5.01 Å². The molecule has 0 spiro atoms. The van der Waals surface area contributed by atoms with Crippen LogP contribution in [0.15, 0.2) is 64.1 Å². The van der Waals surface area contributed by atoms with E-state index in [1.54, 1.807) is 24.3 Å². The van der Waals surface area contributed by atoms with Crippen LogP contribution in [-0.4, -0.2) is 29.2 Å². The molecule has 2 aliphatic carbocycles. The molecule has 0 amide bonds. The Bertz CT molecular complexity index is 1540. The van der Waals surface area contributed by atoms with Crippen molar-refractivity contribution in [3.63, 3.8) is 0 Å². The number of nitrogens with zero attached hydrogens (tertiary/aromatic N) is 3. The molecule has 2 aliphatic heterocycles. The van der Waals surface area contributed by atoms with Gasteiger partial charge in [-0.3, -0.25) is 4.79 Å². The van der Waals surface area contributed by atoms with Crippen molar-refractivity contribution in [1.29, 1.82) is 0 Å². The van der Waals surface area contributed by atoms with Crippen molar-refractivity contribution < 1.29 is 49.0 Å². The van der Waals surface area contributed by atoms with Crippen molar-refractivity contribution in [2.24, 2.45) is 5.10 Å². The zero-order chi connectivity index (χ0) is 27.2. The summed E-state index contributed by atoms with van der Waals surface area (Å²) in [5.41, 5.74) is -2.26. The number of hydrogen-bond donors (Lipinski definition) is 0. The molecular weight excluding hydrogens is 533 g/mol. The van der Waals surface area contributed by atoms with Crippen LogP contribution in [0.3, 0.4) is 0 Å². The minimum Gasteiger partial charge on any atom is -0.367 e. The lowest BCUT2D eigenvalue weighted by Crippen LogP contribution is -2.46. The number of rotatable bonds is 1. The molecule has 0 radical (unpaired) electrons. The predicted molar refractivity (Wildman–Crippen MR) is 111 cm³/mol. The summed E-state index contributed by atoms with van der Waals surface area (Å²) < 4.78 is 136. The number of Topliss-reactive ketones (excluding diaryl/α,β-unsaturated/α-hetero) is 1. The number of fused-ring (bicyclic) bond motifs is 5. The van der Waals surface area contributed by atoms with E-state index < -0.39 is 94.0 Å². The van der Waals surface area contributed by atoms with Gasteiger partial charge in [-0.1, -0.05) is 24.3 Å². The lowest BCUT2D eigenvalue weighted by molar-refractivity contribution is -0.115. The topological polar surface area (TPSA) is 45.1 Å². The molecular formula is C24H10F9N3O2. The molecule has 2 aromatic rings. The number of benzene rings is 2. The fraction of sp³-hybridized carbons (Fsp3) is 0.167. The number of halogens is 9. The van der Waals surface area contributed by atoms with Gasteiger partial charge in [0.2, 0.25) is 17.5 Å². The zero-order valence-corrected chi connectivity index (χ0v) is 18.4. The van der Waals surface area contributed by atoms with Gasteiger partial charge < -0.3 is 9.64 Å². The second-order valence-electron chi connectivity index (χ2n) is 8.60.